The molecule has 0 saturated heterocycles. The number of hydrogen-bond donors (Lipinski definition) is 2. The van der Waals surface area contributed by atoms with Crippen LogP contribution in [-0.4, -0.2) is 17.6 Å². The quantitative estimate of drug-likeness (QED) is 0.167. The first-order chi connectivity index (χ1) is 18.4. The Balaban J connectivity index is 1.49. The van der Waals surface area contributed by atoms with Crippen LogP contribution in [0.4, 0.5) is 5.69 Å². The average molecular weight is 586 g/mol. The highest BCUT2D eigenvalue weighted by Crippen LogP contribution is 2.17. The molecule has 0 unspecified atom stereocenters. The van der Waals surface area contributed by atoms with Gasteiger partial charge in [0.25, 0.3) is 11.8 Å². The molecule has 0 aliphatic heterocycles. The van der Waals surface area contributed by atoms with Crippen LogP contribution in [-0.2, 0) is 4.79 Å². The molecule has 0 aromatic heterocycles. The van der Waals surface area contributed by atoms with Crippen molar-refractivity contribution in [2.45, 2.75) is 0 Å². The molecule has 0 bridgehead atoms. The van der Waals surface area contributed by atoms with Gasteiger partial charge in [0.15, 0.2) is 5.78 Å². The van der Waals surface area contributed by atoms with E-state index in [1.54, 1.807) is 91.0 Å². The number of carbonyl (C=O) groups is 3. The largest absolute Gasteiger partial charge is 0.321 e. The second-order valence-corrected chi connectivity index (χ2v) is 9.57. The molecular formula is C31H22BrClN2O3. The van der Waals surface area contributed by atoms with E-state index in [0.29, 0.717) is 27.4 Å². The number of allylic oxidation sites excluding steroid dienone is 1. The van der Waals surface area contributed by atoms with Crippen molar-refractivity contribution in [1.82, 2.24) is 5.32 Å². The lowest BCUT2D eigenvalue weighted by Gasteiger charge is -2.12. The predicted molar refractivity (Wildman–Crippen MR) is 156 cm³/mol. The lowest BCUT2D eigenvalue weighted by Crippen LogP contribution is -2.30. The van der Waals surface area contributed by atoms with Gasteiger partial charge in [-0.2, -0.15) is 0 Å². The number of halogens is 2. The number of rotatable bonds is 8. The predicted octanol–water partition coefficient (Wildman–Crippen LogP) is 7.41. The van der Waals surface area contributed by atoms with Gasteiger partial charge in [-0.1, -0.05) is 76.1 Å². The van der Waals surface area contributed by atoms with E-state index < -0.39 is 11.8 Å². The summed E-state index contributed by atoms with van der Waals surface area (Å²) in [4.78, 5) is 38.5. The van der Waals surface area contributed by atoms with E-state index in [0.717, 1.165) is 10.0 Å². The zero-order valence-corrected chi connectivity index (χ0v) is 22.4. The van der Waals surface area contributed by atoms with Gasteiger partial charge in [0.05, 0.1) is 0 Å². The van der Waals surface area contributed by atoms with Gasteiger partial charge >= 0.3 is 0 Å². The van der Waals surface area contributed by atoms with Gasteiger partial charge in [-0.25, -0.2) is 0 Å². The molecule has 5 nitrogen and oxygen atoms in total. The Bertz CT molecular complexity index is 1530. The zero-order chi connectivity index (χ0) is 26.9. The number of hydrogen-bond acceptors (Lipinski definition) is 3. The van der Waals surface area contributed by atoms with Crippen molar-refractivity contribution in [2.24, 2.45) is 0 Å². The number of nitrogens with one attached hydrogen (secondary N) is 2. The summed E-state index contributed by atoms with van der Waals surface area (Å²) in [5.74, 6) is -1.12. The molecule has 0 atom stereocenters. The minimum absolute atomic E-state index is 0.0400. The highest BCUT2D eigenvalue weighted by molar-refractivity contribution is 9.10. The molecule has 0 spiro atoms. The average Bonchev–Trinajstić information content (AvgIpc) is 2.92. The number of carbonyl (C=O) groups excluding carboxylic acids is 3. The first kappa shape index (κ1) is 26.8. The van der Waals surface area contributed by atoms with E-state index in [1.165, 1.54) is 6.08 Å². The molecule has 4 rings (SSSR count). The molecular weight excluding hydrogens is 564 g/mol. The van der Waals surface area contributed by atoms with E-state index >= 15 is 0 Å². The summed E-state index contributed by atoms with van der Waals surface area (Å²) < 4.78 is 0.927. The Labute approximate surface area is 234 Å². The molecule has 0 aliphatic carbocycles. The van der Waals surface area contributed by atoms with E-state index in [2.05, 4.69) is 26.6 Å². The zero-order valence-electron chi connectivity index (χ0n) is 20.0. The topological polar surface area (TPSA) is 75.3 Å². The van der Waals surface area contributed by atoms with Crippen LogP contribution >= 0.6 is 27.5 Å². The fourth-order valence-corrected chi connectivity index (χ4v) is 4.12. The molecule has 7 heteroatoms. The number of benzene rings is 4. The monoisotopic (exact) mass is 584 g/mol. The molecule has 4 aromatic carbocycles. The van der Waals surface area contributed by atoms with Gasteiger partial charge in [-0.15, -0.1) is 0 Å². The summed E-state index contributed by atoms with van der Waals surface area (Å²) in [5.41, 5.74) is 2.94. The van der Waals surface area contributed by atoms with Crippen molar-refractivity contribution in [3.63, 3.8) is 0 Å². The summed E-state index contributed by atoms with van der Waals surface area (Å²) in [7, 11) is 0. The third-order valence-corrected chi connectivity index (χ3v) is 6.12. The Morgan fingerprint density at radius 1 is 0.737 bits per heavy atom. The maximum Gasteiger partial charge on any atom is 0.272 e. The Hall–Kier alpha value is -4.26. The van der Waals surface area contributed by atoms with Crippen molar-refractivity contribution in [3.8, 4) is 0 Å². The Kier molecular flexibility index (Phi) is 9.03. The fourth-order valence-electron chi connectivity index (χ4n) is 3.50. The third-order valence-electron chi connectivity index (χ3n) is 5.39. The third kappa shape index (κ3) is 7.62. The number of ketones is 1. The Morgan fingerprint density at radius 2 is 1.45 bits per heavy atom. The number of anilines is 1. The summed E-state index contributed by atoms with van der Waals surface area (Å²) in [6.45, 7) is 0. The normalized spacial score (nSPS) is 11.3. The van der Waals surface area contributed by atoms with Crippen LogP contribution in [0.1, 0.15) is 31.8 Å². The van der Waals surface area contributed by atoms with E-state index in [4.69, 9.17) is 11.6 Å². The lowest BCUT2D eigenvalue weighted by molar-refractivity contribution is -0.113. The van der Waals surface area contributed by atoms with Crippen molar-refractivity contribution in [3.05, 3.63) is 147 Å². The summed E-state index contributed by atoms with van der Waals surface area (Å²) in [5, 5.41) is 5.96. The van der Waals surface area contributed by atoms with Crippen molar-refractivity contribution in [1.29, 1.82) is 0 Å². The molecule has 0 heterocycles. The lowest BCUT2D eigenvalue weighted by atomic mass is 10.1. The van der Waals surface area contributed by atoms with E-state index in [-0.39, 0.29) is 11.5 Å². The molecule has 2 amide bonds. The SMILES string of the molecule is O=C(Nc1ccc(C(=O)/C=C/c2cccc(Br)c2)cc1)/C(=C/c1cccc(Cl)c1)NC(=O)c1ccccc1. The van der Waals surface area contributed by atoms with Crippen LogP contribution in [0.2, 0.25) is 5.02 Å². The maximum absolute atomic E-state index is 13.2. The number of amides is 2. The van der Waals surface area contributed by atoms with E-state index in [1.807, 2.05) is 24.3 Å². The first-order valence-electron chi connectivity index (χ1n) is 11.6. The van der Waals surface area contributed by atoms with Crippen LogP contribution < -0.4 is 10.6 Å². The van der Waals surface area contributed by atoms with Crippen LogP contribution in [0, 0.1) is 0 Å². The molecule has 38 heavy (non-hydrogen) atoms. The van der Waals surface area contributed by atoms with Gasteiger partial charge < -0.3 is 10.6 Å². The second kappa shape index (κ2) is 12.8. The summed E-state index contributed by atoms with van der Waals surface area (Å²) in [6, 6.07) is 29.7. The van der Waals surface area contributed by atoms with Crippen molar-refractivity contribution >= 4 is 63.0 Å². The van der Waals surface area contributed by atoms with Gasteiger partial charge in [0.1, 0.15) is 5.70 Å². The second-order valence-electron chi connectivity index (χ2n) is 8.22. The highest BCUT2D eigenvalue weighted by atomic mass is 79.9. The Morgan fingerprint density at radius 3 is 2.16 bits per heavy atom. The van der Waals surface area contributed by atoms with Gasteiger partial charge in [0.2, 0.25) is 0 Å². The summed E-state index contributed by atoms with van der Waals surface area (Å²) >= 11 is 9.50. The minimum Gasteiger partial charge on any atom is -0.321 e. The molecule has 0 radical (unpaired) electrons. The van der Waals surface area contributed by atoms with Crippen LogP contribution in [0.3, 0.4) is 0 Å². The molecule has 0 aliphatic rings. The molecule has 0 fully saturated rings. The van der Waals surface area contributed by atoms with Crippen molar-refractivity contribution < 1.29 is 14.4 Å². The molecule has 188 valence electrons. The summed E-state index contributed by atoms with van der Waals surface area (Å²) in [6.07, 6.45) is 4.79. The van der Waals surface area contributed by atoms with Gasteiger partial charge in [-0.05, 0) is 83.9 Å². The van der Waals surface area contributed by atoms with Crippen LogP contribution in [0.25, 0.3) is 12.2 Å². The highest BCUT2D eigenvalue weighted by Gasteiger charge is 2.15. The van der Waals surface area contributed by atoms with Crippen LogP contribution in [0.5, 0.6) is 0 Å². The molecule has 0 saturated carbocycles. The molecule has 2 N–H and O–H groups in total. The fraction of sp³-hybridized carbons (Fsp3) is 0. The standard InChI is InChI=1S/C31H22BrClN2O3/c32-25-10-4-6-21(18-25)12-17-29(36)23-13-15-27(16-14-23)34-31(38)28(20-22-7-5-11-26(33)19-22)35-30(37)24-8-2-1-3-9-24/h1-20H,(H,34,38)(H,35,37)/b17-12+,28-20-. The van der Waals surface area contributed by atoms with Crippen molar-refractivity contribution in [2.75, 3.05) is 5.32 Å². The smallest absolute Gasteiger partial charge is 0.272 e. The van der Waals surface area contributed by atoms with E-state index in [9.17, 15) is 14.4 Å². The van der Waals surface area contributed by atoms with Gasteiger partial charge in [-0.3, -0.25) is 14.4 Å². The first-order valence-corrected chi connectivity index (χ1v) is 12.8. The molecule has 4 aromatic rings. The van der Waals surface area contributed by atoms with Gasteiger partial charge in [0, 0.05) is 26.3 Å². The van der Waals surface area contributed by atoms with Crippen LogP contribution in [0.15, 0.2) is 119 Å². The minimum atomic E-state index is -0.525. The maximum atomic E-state index is 13.2.